The summed E-state index contributed by atoms with van der Waals surface area (Å²) >= 11 is 0. The van der Waals surface area contributed by atoms with Crippen molar-refractivity contribution in [1.82, 2.24) is 0 Å². The second-order valence-corrected chi connectivity index (χ2v) is 18.8. The van der Waals surface area contributed by atoms with Gasteiger partial charge in [0.2, 0.25) is 0 Å². The number of carbonyl (C=O) groups excluding carboxylic acids is 3. The lowest BCUT2D eigenvalue weighted by Crippen LogP contribution is -2.44. The van der Waals surface area contributed by atoms with Gasteiger partial charge in [0.05, 0.1) is 40.3 Å². The Morgan fingerprint density at radius 2 is 0.871 bits per heavy atom. The van der Waals surface area contributed by atoms with E-state index < -0.39 is 24.3 Å². The van der Waals surface area contributed by atoms with E-state index in [1.54, 1.807) is 0 Å². The molecular weight excluding hydrogens is 779 g/mol. The first-order chi connectivity index (χ1) is 30.1. The van der Waals surface area contributed by atoms with Crippen LogP contribution in [0.25, 0.3) is 0 Å². The molecule has 0 aromatic carbocycles. The molecule has 0 aromatic rings. The van der Waals surface area contributed by atoms with Crippen molar-refractivity contribution in [1.29, 1.82) is 0 Å². The van der Waals surface area contributed by atoms with Crippen molar-refractivity contribution in [3.63, 3.8) is 0 Å². The Balaban J connectivity index is 4.32. The smallest absolute Gasteiger partial charge is 0.306 e. The summed E-state index contributed by atoms with van der Waals surface area (Å²) in [5.74, 6) is -2.28. The predicted molar refractivity (Wildman–Crippen MR) is 256 cm³/mol. The van der Waals surface area contributed by atoms with Gasteiger partial charge in [-0.1, -0.05) is 205 Å². The maximum absolute atomic E-state index is 12.8. The van der Waals surface area contributed by atoms with Crippen molar-refractivity contribution in [2.75, 3.05) is 47.5 Å². The Morgan fingerprint density at radius 3 is 1.29 bits per heavy atom. The quantitative estimate of drug-likeness (QED) is 0.0195. The molecule has 0 aliphatic heterocycles. The number of aliphatic carboxylic acids is 1. The van der Waals surface area contributed by atoms with Crippen molar-refractivity contribution in [3.05, 3.63) is 24.3 Å². The molecule has 0 aliphatic carbocycles. The minimum absolute atomic E-state index is 0.148. The van der Waals surface area contributed by atoms with Crippen LogP contribution in [0.2, 0.25) is 0 Å². The molecule has 9 heteroatoms. The zero-order chi connectivity index (χ0) is 45.6. The van der Waals surface area contributed by atoms with Gasteiger partial charge in [-0.2, -0.15) is 0 Å². The fourth-order valence-corrected chi connectivity index (χ4v) is 7.39. The average Bonchev–Trinajstić information content (AvgIpc) is 3.23. The van der Waals surface area contributed by atoms with Crippen LogP contribution in [-0.4, -0.2) is 82.3 Å². The molecular formula is C53H99NO8. The number of allylic oxidation sites excluding steroid dienone is 4. The van der Waals surface area contributed by atoms with Gasteiger partial charge in [0, 0.05) is 12.8 Å². The molecule has 0 aliphatic rings. The molecule has 0 saturated heterocycles. The lowest BCUT2D eigenvalue weighted by Gasteiger charge is -2.26. The highest BCUT2D eigenvalue weighted by Gasteiger charge is 2.22. The number of esters is 2. The average molecular weight is 878 g/mol. The summed E-state index contributed by atoms with van der Waals surface area (Å²) in [6.07, 6.45) is 47.8. The summed E-state index contributed by atoms with van der Waals surface area (Å²) in [6.45, 7) is 4.75. The molecule has 2 atom stereocenters. The Morgan fingerprint density at radius 1 is 0.484 bits per heavy atom. The second-order valence-electron chi connectivity index (χ2n) is 18.8. The molecule has 0 radical (unpaired) electrons. The first-order valence-electron chi connectivity index (χ1n) is 26.0. The number of ether oxygens (including phenoxy) is 4. The van der Waals surface area contributed by atoms with Gasteiger partial charge in [-0.3, -0.25) is 9.59 Å². The zero-order valence-electron chi connectivity index (χ0n) is 41.3. The highest BCUT2D eigenvalue weighted by molar-refractivity contribution is 5.70. The summed E-state index contributed by atoms with van der Waals surface area (Å²) in [7, 11) is 5.92. The predicted octanol–water partition coefficient (Wildman–Crippen LogP) is 13.1. The maximum Gasteiger partial charge on any atom is 0.306 e. The SMILES string of the molecule is CCCCCC/C=C\C/C=C\CCCCCCCCCC(=O)OC(COC(=O)CCCCCCCCCCCCCCCCCCCCC)COC(OCC[N+](C)(C)C)C(=O)[O-]. The Hall–Kier alpha value is -2.23. The molecule has 0 fully saturated rings. The summed E-state index contributed by atoms with van der Waals surface area (Å²) < 4.78 is 22.6. The van der Waals surface area contributed by atoms with Gasteiger partial charge in [0.25, 0.3) is 0 Å². The van der Waals surface area contributed by atoms with Crippen LogP contribution in [0.1, 0.15) is 239 Å². The minimum Gasteiger partial charge on any atom is -0.545 e. The van der Waals surface area contributed by atoms with Crippen LogP contribution in [0, 0.1) is 0 Å². The molecule has 0 bridgehead atoms. The molecule has 0 heterocycles. The number of carboxylic acid groups (broad SMARTS) is 1. The summed E-state index contributed by atoms with van der Waals surface area (Å²) in [6, 6.07) is 0. The van der Waals surface area contributed by atoms with Gasteiger partial charge < -0.3 is 33.3 Å². The van der Waals surface area contributed by atoms with Crippen LogP contribution < -0.4 is 5.11 Å². The van der Waals surface area contributed by atoms with E-state index in [0.29, 0.717) is 23.9 Å². The number of rotatable bonds is 48. The number of likely N-dealkylation sites (N-methyl/N-ethyl adjacent to an activating group) is 1. The molecule has 62 heavy (non-hydrogen) atoms. The van der Waals surface area contributed by atoms with Crippen molar-refractivity contribution in [2.45, 2.75) is 251 Å². The highest BCUT2D eigenvalue weighted by Crippen LogP contribution is 2.16. The molecule has 0 rings (SSSR count). The van der Waals surface area contributed by atoms with E-state index in [-0.39, 0.29) is 32.2 Å². The Bertz CT molecular complexity index is 1070. The zero-order valence-corrected chi connectivity index (χ0v) is 41.3. The molecule has 0 spiro atoms. The van der Waals surface area contributed by atoms with E-state index in [2.05, 4.69) is 38.2 Å². The van der Waals surface area contributed by atoms with Crippen LogP contribution in [-0.2, 0) is 33.3 Å². The van der Waals surface area contributed by atoms with Crippen LogP contribution in [0.4, 0.5) is 0 Å². The van der Waals surface area contributed by atoms with E-state index in [1.165, 1.54) is 154 Å². The molecule has 0 amide bonds. The lowest BCUT2D eigenvalue weighted by atomic mass is 10.0. The Labute approximate surface area is 382 Å². The fraction of sp³-hybridized carbons (Fsp3) is 0.868. The molecule has 0 saturated carbocycles. The largest absolute Gasteiger partial charge is 0.545 e. The number of carbonyl (C=O) groups is 3. The molecule has 0 N–H and O–H groups in total. The third kappa shape index (κ3) is 45.8. The highest BCUT2D eigenvalue weighted by atomic mass is 16.7. The maximum atomic E-state index is 12.8. The summed E-state index contributed by atoms with van der Waals surface area (Å²) in [5.41, 5.74) is 0. The van der Waals surface area contributed by atoms with Crippen LogP contribution >= 0.6 is 0 Å². The Kier molecular flexibility index (Phi) is 43.7. The van der Waals surface area contributed by atoms with Crippen LogP contribution in [0.3, 0.4) is 0 Å². The standard InChI is InChI=1S/C53H99NO8/c1-6-8-10-12-14-16-18-20-22-24-26-28-29-31-33-35-37-39-41-43-50(55)60-47-49(48-61-53(52(57)58)59-46-45-54(3,4)5)62-51(56)44-42-40-38-36-34-32-30-27-25-23-21-19-17-15-13-11-9-7-2/h17,19,23,25,49,53H,6-16,18,20-22,24,26-48H2,1-5H3/b19-17-,25-23-. The van der Waals surface area contributed by atoms with Gasteiger partial charge in [-0.25, -0.2) is 0 Å². The van der Waals surface area contributed by atoms with Gasteiger partial charge >= 0.3 is 11.9 Å². The topological polar surface area (TPSA) is 111 Å². The minimum atomic E-state index is -1.62. The lowest BCUT2D eigenvalue weighted by molar-refractivity contribution is -0.870. The van der Waals surface area contributed by atoms with Crippen molar-refractivity contribution < 1.29 is 42.9 Å². The number of nitrogens with zero attached hydrogens (tertiary/aromatic N) is 1. The third-order valence-electron chi connectivity index (χ3n) is 11.5. The van der Waals surface area contributed by atoms with Gasteiger partial charge in [-0.05, 0) is 44.9 Å². The first kappa shape index (κ1) is 59.8. The molecule has 364 valence electrons. The van der Waals surface area contributed by atoms with Crippen molar-refractivity contribution in [3.8, 4) is 0 Å². The van der Waals surface area contributed by atoms with Crippen LogP contribution in [0.5, 0.6) is 0 Å². The number of unbranched alkanes of at least 4 members (excludes halogenated alkanes) is 29. The van der Waals surface area contributed by atoms with E-state index in [0.717, 1.165) is 51.4 Å². The number of hydrogen-bond acceptors (Lipinski definition) is 8. The van der Waals surface area contributed by atoms with E-state index in [1.807, 2.05) is 21.1 Å². The van der Waals surface area contributed by atoms with Gasteiger partial charge in [-0.15, -0.1) is 0 Å². The van der Waals surface area contributed by atoms with Gasteiger partial charge in [0.15, 0.2) is 12.4 Å². The third-order valence-corrected chi connectivity index (χ3v) is 11.5. The fourth-order valence-electron chi connectivity index (χ4n) is 7.39. The van der Waals surface area contributed by atoms with Crippen molar-refractivity contribution >= 4 is 17.9 Å². The van der Waals surface area contributed by atoms with E-state index in [4.69, 9.17) is 18.9 Å². The van der Waals surface area contributed by atoms with E-state index in [9.17, 15) is 19.5 Å². The number of hydrogen-bond donors (Lipinski definition) is 0. The summed E-state index contributed by atoms with van der Waals surface area (Å²) in [4.78, 5) is 37.1. The van der Waals surface area contributed by atoms with Gasteiger partial charge in [0.1, 0.15) is 13.2 Å². The first-order valence-corrected chi connectivity index (χ1v) is 26.0. The molecule has 2 unspecified atom stereocenters. The molecule has 9 nitrogen and oxygen atoms in total. The monoisotopic (exact) mass is 878 g/mol. The number of quaternary nitrogens is 1. The van der Waals surface area contributed by atoms with Crippen LogP contribution in [0.15, 0.2) is 24.3 Å². The normalized spacial score (nSPS) is 13.0. The number of carboxylic acids is 1. The second kappa shape index (κ2) is 45.3. The molecule has 0 aromatic heterocycles. The summed E-state index contributed by atoms with van der Waals surface area (Å²) in [5, 5.41) is 11.7. The van der Waals surface area contributed by atoms with Crippen molar-refractivity contribution in [2.24, 2.45) is 0 Å². The van der Waals surface area contributed by atoms with E-state index >= 15 is 0 Å².